The van der Waals surface area contributed by atoms with Crippen LogP contribution in [0.2, 0.25) is 0 Å². The molecule has 0 aromatic heterocycles. The maximum absolute atomic E-state index is 12.1. The molecule has 0 aliphatic heterocycles. The van der Waals surface area contributed by atoms with Crippen molar-refractivity contribution in [2.75, 3.05) is 5.32 Å². The lowest BCUT2D eigenvalue weighted by atomic mass is 9.84. The summed E-state index contributed by atoms with van der Waals surface area (Å²) in [5, 5.41) is 2.93. The second-order valence-corrected chi connectivity index (χ2v) is 5.47. The summed E-state index contributed by atoms with van der Waals surface area (Å²) in [6.07, 6.45) is 4.11. The van der Waals surface area contributed by atoms with Gasteiger partial charge in [-0.3, -0.25) is 4.79 Å². The Morgan fingerprint density at radius 1 is 1.24 bits per heavy atom. The molecule has 3 N–H and O–H groups in total. The molecule has 3 nitrogen and oxygen atoms in total. The molecule has 92 valence electrons. The number of hydrogen-bond donors (Lipinski definition) is 2. The van der Waals surface area contributed by atoms with E-state index in [1.165, 1.54) is 0 Å². The van der Waals surface area contributed by atoms with Gasteiger partial charge in [-0.15, -0.1) is 0 Å². The van der Waals surface area contributed by atoms with E-state index in [0.29, 0.717) is 0 Å². The minimum Gasteiger partial charge on any atom is -0.327 e. The molecule has 1 saturated carbocycles. The minimum absolute atomic E-state index is 0.0131. The summed E-state index contributed by atoms with van der Waals surface area (Å²) in [6.45, 7) is 0. The van der Waals surface area contributed by atoms with Crippen molar-refractivity contribution in [1.29, 1.82) is 0 Å². The molecule has 0 radical (unpaired) electrons. The molecule has 2 atom stereocenters. The third-order valence-electron chi connectivity index (χ3n) is 3.27. The van der Waals surface area contributed by atoms with Crippen molar-refractivity contribution in [3.63, 3.8) is 0 Å². The van der Waals surface area contributed by atoms with Gasteiger partial charge in [0.25, 0.3) is 0 Å². The summed E-state index contributed by atoms with van der Waals surface area (Å²) >= 11 is 3.37. The Kier molecular flexibility index (Phi) is 4.18. The largest absolute Gasteiger partial charge is 0.327 e. The lowest BCUT2D eigenvalue weighted by molar-refractivity contribution is -0.121. The Labute approximate surface area is 110 Å². The second kappa shape index (κ2) is 5.65. The molecule has 0 heterocycles. The maximum Gasteiger partial charge on any atom is 0.229 e. The highest BCUT2D eigenvalue weighted by Crippen LogP contribution is 2.24. The third kappa shape index (κ3) is 3.30. The number of hydrogen-bond acceptors (Lipinski definition) is 2. The van der Waals surface area contributed by atoms with Crippen molar-refractivity contribution in [2.24, 2.45) is 11.7 Å². The fraction of sp³-hybridized carbons (Fsp3) is 0.462. The maximum atomic E-state index is 12.1. The van der Waals surface area contributed by atoms with Crippen molar-refractivity contribution in [2.45, 2.75) is 31.7 Å². The fourth-order valence-corrected chi connectivity index (χ4v) is 2.52. The number of nitrogens with two attached hydrogens (primary N) is 1. The minimum atomic E-state index is -0.0348. The monoisotopic (exact) mass is 296 g/mol. The van der Waals surface area contributed by atoms with Gasteiger partial charge >= 0.3 is 0 Å². The van der Waals surface area contributed by atoms with E-state index in [9.17, 15) is 4.79 Å². The third-order valence-corrected chi connectivity index (χ3v) is 3.80. The standard InChI is InChI=1S/C13H17BrN2O/c14-9-5-7-10(8-6-9)16-13(17)11-3-1-2-4-12(11)15/h5-8,11-12H,1-4,15H2,(H,16,17). The molecule has 0 bridgehead atoms. The van der Waals surface area contributed by atoms with E-state index in [1.807, 2.05) is 24.3 Å². The number of nitrogens with one attached hydrogen (secondary N) is 1. The molecule has 2 unspecified atom stereocenters. The van der Waals surface area contributed by atoms with Crippen molar-refractivity contribution in [1.82, 2.24) is 0 Å². The first kappa shape index (κ1) is 12.6. The van der Waals surface area contributed by atoms with Crippen LogP contribution in [0.3, 0.4) is 0 Å². The second-order valence-electron chi connectivity index (χ2n) is 4.55. The zero-order valence-corrected chi connectivity index (χ0v) is 11.2. The van der Waals surface area contributed by atoms with E-state index in [2.05, 4.69) is 21.2 Å². The predicted octanol–water partition coefficient (Wildman–Crippen LogP) is 2.91. The molecule has 0 spiro atoms. The summed E-state index contributed by atoms with van der Waals surface area (Å²) in [5.74, 6) is 0.0203. The lowest BCUT2D eigenvalue weighted by Gasteiger charge is -2.27. The van der Waals surface area contributed by atoms with Crippen LogP contribution in [-0.4, -0.2) is 11.9 Å². The molecule has 2 rings (SSSR count). The average molecular weight is 297 g/mol. The Morgan fingerprint density at radius 3 is 2.53 bits per heavy atom. The van der Waals surface area contributed by atoms with Crippen LogP contribution < -0.4 is 11.1 Å². The molecule has 1 aromatic carbocycles. The van der Waals surface area contributed by atoms with Gasteiger partial charge in [0.05, 0.1) is 5.92 Å². The Morgan fingerprint density at radius 2 is 1.88 bits per heavy atom. The van der Waals surface area contributed by atoms with E-state index >= 15 is 0 Å². The first-order valence-electron chi connectivity index (χ1n) is 5.99. The Hall–Kier alpha value is -0.870. The zero-order valence-electron chi connectivity index (χ0n) is 9.66. The normalized spacial score (nSPS) is 24.4. The summed E-state index contributed by atoms with van der Waals surface area (Å²) in [7, 11) is 0. The van der Waals surface area contributed by atoms with E-state index in [0.717, 1.165) is 35.8 Å². The number of rotatable bonds is 2. The van der Waals surface area contributed by atoms with Crippen molar-refractivity contribution in [3.8, 4) is 0 Å². The van der Waals surface area contributed by atoms with Gasteiger partial charge in [0.15, 0.2) is 0 Å². The zero-order chi connectivity index (χ0) is 12.3. The lowest BCUT2D eigenvalue weighted by Crippen LogP contribution is -2.40. The van der Waals surface area contributed by atoms with Crippen LogP contribution in [0.1, 0.15) is 25.7 Å². The SMILES string of the molecule is NC1CCCCC1C(=O)Nc1ccc(Br)cc1. The van der Waals surface area contributed by atoms with Crippen LogP contribution in [0.4, 0.5) is 5.69 Å². The number of halogens is 1. The molecule has 4 heteroatoms. The molecule has 1 aromatic rings. The van der Waals surface area contributed by atoms with Crippen LogP contribution in [0, 0.1) is 5.92 Å². The molecular weight excluding hydrogens is 280 g/mol. The van der Waals surface area contributed by atoms with Gasteiger partial charge in [0, 0.05) is 16.2 Å². The van der Waals surface area contributed by atoms with E-state index < -0.39 is 0 Å². The highest BCUT2D eigenvalue weighted by molar-refractivity contribution is 9.10. The molecule has 0 saturated heterocycles. The van der Waals surface area contributed by atoms with Gasteiger partial charge in [0.2, 0.25) is 5.91 Å². The molecule has 1 aliphatic rings. The van der Waals surface area contributed by atoms with Crippen LogP contribution >= 0.6 is 15.9 Å². The molecular formula is C13H17BrN2O. The number of carbonyl (C=O) groups excluding carboxylic acids is 1. The van der Waals surface area contributed by atoms with E-state index in [-0.39, 0.29) is 17.9 Å². The summed E-state index contributed by atoms with van der Waals surface area (Å²) in [5.41, 5.74) is 6.82. The van der Waals surface area contributed by atoms with Gasteiger partial charge in [-0.2, -0.15) is 0 Å². The highest BCUT2D eigenvalue weighted by atomic mass is 79.9. The van der Waals surface area contributed by atoms with Gasteiger partial charge in [-0.1, -0.05) is 28.8 Å². The summed E-state index contributed by atoms with van der Waals surface area (Å²) in [6, 6.07) is 7.61. The highest BCUT2D eigenvalue weighted by Gasteiger charge is 2.28. The average Bonchev–Trinajstić information content (AvgIpc) is 2.32. The van der Waals surface area contributed by atoms with Crippen molar-refractivity contribution >= 4 is 27.5 Å². The molecule has 1 aliphatic carbocycles. The van der Waals surface area contributed by atoms with E-state index in [4.69, 9.17) is 5.73 Å². The summed E-state index contributed by atoms with van der Waals surface area (Å²) in [4.78, 5) is 12.1. The van der Waals surface area contributed by atoms with Crippen molar-refractivity contribution < 1.29 is 4.79 Å². The smallest absolute Gasteiger partial charge is 0.229 e. The Bertz CT molecular complexity index is 391. The van der Waals surface area contributed by atoms with Crippen molar-refractivity contribution in [3.05, 3.63) is 28.7 Å². The number of amides is 1. The van der Waals surface area contributed by atoms with Crippen LogP contribution in [0.5, 0.6) is 0 Å². The first-order valence-corrected chi connectivity index (χ1v) is 6.78. The molecule has 1 amide bonds. The van der Waals surface area contributed by atoms with Gasteiger partial charge in [-0.25, -0.2) is 0 Å². The van der Waals surface area contributed by atoms with Crippen LogP contribution in [0.25, 0.3) is 0 Å². The summed E-state index contributed by atoms with van der Waals surface area (Å²) < 4.78 is 1.00. The molecule has 1 fully saturated rings. The van der Waals surface area contributed by atoms with Crippen LogP contribution in [0.15, 0.2) is 28.7 Å². The first-order chi connectivity index (χ1) is 8.16. The Balaban J connectivity index is 1.98. The topological polar surface area (TPSA) is 55.1 Å². The number of benzene rings is 1. The van der Waals surface area contributed by atoms with Crippen LogP contribution in [-0.2, 0) is 4.79 Å². The fourth-order valence-electron chi connectivity index (χ4n) is 2.25. The number of anilines is 1. The predicted molar refractivity (Wildman–Crippen MR) is 72.7 cm³/mol. The quantitative estimate of drug-likeness (QED) is 0.882. The molecule has 17 heavy (non-hydrogen) atoms. The van der Waals surface area contributed by atoms with Gasteiger partial charge in [0.1, 0.15) is 0 Å². The van der Waals surface area contributed by atoms with Gasteiger partial charge < -0.3 is 11.1 Å². The number of carbonyl (C=O) groups is 1. The van der Waals surface area contributed by atoms with Gasteiger partial charge in [-0.05, 0) is 37.1 Å². The van der Waals surface area contributed by atoms with E-state index in [1.54, 1.807) is 0 Å².